The third kappa shape index (κ3) is 4.90. The third-order valence-electron chi connectivity index (χ3n) is 5.80. The summed E-state index contributed by atoms with van der Waals surface area (Å²) in [4.78, 5) is 17.5. The normalized spacial score (nSPS) is 23.2. The Balaban J connectivity index is 1.93. The van der Waals surface area contributed by atoms with Gasteiger partial charge in [0.2, 0.25) is 6.29 Å². The lowest BCUT2D eigenvalue weighted by Gasteiger charge is -2.43. The Morgan fingerprint density at radius 2 is 2.21 bits per heavy atom. The van der Waals surface area contributed by atoms with Gasteiger partial charge >= 0.3 is 5.63 Å². The zero-order valence-electron chi connectivity index (χ0n) is 19.3. The largest absolute Gasteiger partial charge is 0.506 e. The van der Waals surface area contributed by atoms with E-state index in [1.165, 1.54) is 6.92 Å². The number of methoxy groups -OCH3 is 1. The van der Waals surface area contributed by atoms with Crippen LogP contribution in [0.1, 0.15) is 44.2 Å². The second kappa shape index (κ2) is 10.1. The second-order valence-electron chi connectivity index (χ2n) is 8.11. The number of terminal acetylenes is 1. The highest BCUT2D eigenvalue weighted by molar-refractivity contribution is 6.04. The van der Waals surface area contributed by atoms with Crippen molar-refractivity contribution in [3.05, 3.63) is 46.3 Å². The van der Waals surface area contributed by atoms with Gasteiger partial charge < -0.3 is 28.6 Å². The molecule has 0 spiro atoms. The Labute approximate surface area is 192 Å². The van der Waals surface area contributed by atoms with E-state index >= 15 is 0 Å². The maximum atomic E-state index is 12.6. The molecule has 1 fully saturated rings. The van der Waals surface area contributed by atoms with Crippen LogP contribution >= 0.6 is 0 Å². The molecule has 8 heteroatoms. The van der Waals surface area contributed by atoms with Crippen LogP contribution in [-0.2, 0) is 14.3 Å². The molecule has 33 heavy (non-hydrogen) atoms. The molecule has 2 heterocycles. The van der Waals surface area contributed by atoms with E-state index < -0.39 is 17.5 Å². The minimum Gasteiger partial charge on any atom is -0.506 e. The van der Waals surface area contributed by atoms with Crippen molar-refractivity contribution in [2.24, 2.45) is 5.16 Å². The fourth-order valence-electron chi connectivity index (χ4n) is 4.11. The molecule has 0 bridgehead atoms. The molecule has 1 aliphatic heterocycles. The predicted molar refractivity (Wildman–Crippen MR) is 125 cm³/mol. The average Bonchev–Trinajstić information content (AvgIpc) is 2.76. The van der Waals surface area contributed by atoms with Gasteiger partial charge in [0.05, 0.1) is 22.8 Å². The molecule has 1 aliphatic rings. The quantitative estimate of drug-likeness (QED) is 0.160. The van der Waals surface area contributed by atoms with Crippen LogP contribution in [0.5, 0.6) is 11.5 Å². The number of ether oxygens (including phenoxy) is 3. The van der Waals surface area contributed by atoms with Crippen LogP contribution in [0.4, 0.5) is 0 Å². The van der Waals surface area contributed by atoms with Gasteiger partial charge in [-0.1, -0.05) is 17.2 Å². The molecule has 3 atom stereocenters. The summed E-state index contributed by atoms with van der Waals surface area (Å²) in [6.07, 6.45) is 8.34. The average molecular weight is 456 g/mol. The van der Waals surface area contributed by atoms with Crippen LogP contribution in [0.15, 0.2) is 39.2 Å². The SMILES string of the molecule is C#CCO/N=C(\C)c1c(O)c2ccc(OC3CC[C@@H](OC)[C@](C)(CC=C)O3)c(C)c2oc1=O. The summed E-state index contributed by atoms with van der Waals surface area (Å²) < 4.78 is 23.5. The monoisotopic (exact) mass is 455 g/mol. The summed E-state index contributed by atoms with van der Waals surface area (Å²) in [5.74, 6) is 2.50. The number of nitrogens with zero attached hydrogens (tertiary/aromatic N) is 1. The van der Waals surface area contributed by atoms with E-state index in [1.54, 1.807) is 32.2 Å². The van der Waals surface area contributed by atoms with Gasteiger partial charge in [0.25, 0.3) is 0 Å². The van der Waals surface area contributed by atoms with Gasteiger partial charge in [-0.3, -0.25) is 0 Å². The van der Waals surface area contributed by atoms with Crippen LogP contribution in [0.25, 0.3) is 11.0 Å². The summed E-state index contributed by atoms with van der Waals surface area (Å²) in [5, 5.41) is 14.9. The number of aryl methyl sites for hydroxylation is 1. The van der Waals surface area contributed by atoms with Gasteiger partial charge in [-0.15, -0.1) is 13.0 Å². The fourth-order valence-corrected chi connectivity index (χ4v) is 4.11. The summed E-state index contributed by atoms with van der Waals surface area (Å²) in [6.45, 7) is 9.00. The molecular weight excluding hydrogens is 426 g/mol. The van der Waals surface area contributed by atoms with Crippen molar-refractivity contribution in [2.75, 3.05) is 13.7 Å². The maximum Gasteiger partial charge on any atom is 0.349 e. The molecule has 8 nitrogen and oxygen atoms in total. The predicted octanol–water partition coefficient (Wildman–Crippen LogP) is 4.05. The first-order chi connectivity index (χ1) is 15.8. The number of aromatic hydroxyl groups is 1. The van der Waals surface area contributed by atoms with Gasteiger partial charge in [-0.05, 0) is 45.7 Å². The van der Waals surface area contributed by atoms with Gasteiger partial charge in [0.1, 0.15) is 22.6 Å². The van der Waals surface area contributed by atoms with Crippen molar-refractivity contribution in [1.29, 1.82) is 0 Å². The number of benzene rings is 1. The van der Waals surface area contributed by atoms with Crippen molar-refractivity contribution in [3.63, 3.8) is 0 Å². The van der Waals surface area contributed by atoms with E-state index in [0.29, 0.717) is 29.5 Å². The molecule has 176 valence electrons. The molecular formula is C25H29NO7. The molecule has 0 aliphatic carbocycles. The summed E-state index contributed by atoms with van der Waals surface area (Å²) in [7, 11) is 1.67. The minimum atomic E-state index is -0.749. The van der Waals surface area contributed by atoms with Gasteiger partial charge in [-0.25, -0.2) is 4.79 Å². The Hall–Kier alpha value is -3.28. The van der Waals surface area contributed by atoms with Crippen molar-refractivity contribution in [1.82, 2.24) is 0 Å². The molecule has 0 saturated carbocycles. The lowest BCUT2D eigenvalue weighted by atomic mass is 9.88. The van der Waals surface area contributed by atoms with E-state index in [2.05, 4.69) is 17.7 Å². The number of hydrogen-bond donors (Lipinski definition) is 1. The Bertz CT molecular complexity index is 1160. The van der Waals surface area contributed by atoms with E-state index in [4.69, 9.17) is 29.9 Å². The molecule has 0 radical (unpaired) electrons. The van der Waals surface area contributed by atoms with E-state index in [-0.39, 0.29) is 35.3 Å². The summed E-state index contributed by atoms with van der Waals surface area (Å²) >= 11 is 0. The van der Waals surface area contributed by atoms with E-state index in [1.807, 2.05) is 6.92 Å². The van der Waals surface area contributed by atoms with Crippen LogP contribution in [0.2, 0.25) is 0 Å². The molecule has 1 N–H and O–H groups in total. The number of rotatable bonds is 8. The second-order valence-corrected chi connectivity index (χ2v) is 8.11. The third-order valence-corrected chi connectivity index (χ3v) is 5.80. The maximum absolute atomic E-state index is 12.6. The molecule has 1 saturated heterocycles. The van der Waals surface area contributed by atoms with Crippen LogP contribution in [0.3, 0.4) is 0 Å². The van der Waals surface area contributed by atoms with Crippen molar-refractivity contribution in [3.8, 4) is 23.8 Å². The number of oxime groups is 1. The van der Waals surface area contributed by atoms with Crippen LogP contribution in [0, 0.1) is 19.3 Å². The van der Waals surface area contributed by atoms with E-state index in [0.717, 1.165) is 6.42 Å². The van der Waals surface area contributed by atoms with Gasteiger partial charge in [-0.2, -0.15) is 0 Å². The van der Waals surface area contributed by atoms with Crippen LogP contribution < -0.4 is 10.4 Å². The van der Waals surface area contributed by atoms with Crippen molar-refractivity contribution < 1.29 is 28.6 Å². The topological polar surface area (TPSA) is 99.7 Å². The molecule has 0 amide bonds. The minimum absolute atomic E-state index is 0.0585. The summed E-state index contributed by atoms with van der Waals surface area (Å²) in [5.41, 5.74) is -0.470. The number of hydrogen-bond acceptors (Lipinski definition) is 8. The molecule has 1 aromatic heterocycles. The zero-order chi connectivity index (χ0) is 24.2. The lowest BCUT2D eigenvalue weighted by molar-refractivity contribution is -0.239. The lowest BCUT2D eigenvalue weighted by Crippen LogP contribution is -2.51. The molecule has 2 aromatic rings. The zero-order valence-corrected chi connectivity index (χ0v) is 19.3. The standard InChI is InChI=1S/C25H29NO7/c1-7-13-25(5)19(29-6)11-12-20(33-25)31-18-10-9-17-22(27)21(16(4)26-30-14-8-2)24(28)32-23(17)15(18)3/h2,7,9-10,19-20,27H,1,11-14H2,3-6H3/b26-16+/t19-,20?,25+/m1/s1. The molecule has 1 aromatic carbocycles. The highest BCUT2D eigenvalue weighted by Crippen LogP contribution is 2.37. The fraction of sp³-hybridized carbons (Fsp3) is 0.440. The van der Waals surface area contributed by atoms with Crippen molar-refractivity contribution in [2.45, 2.75) is 58.0 Å². The Morgan fingerprint density at radius 3 is 2.88 bits per heavy atom. The highest BCUT2D eigenvalue weighted by Gasteiger charge is 2.42. The number of fused-ring (bicyclic) bond motifs is 1. The summed E-state index contributed by atoms with van der Waals surface area (Å²) in [6, 6.07) is 3.33. The smallest absolute Gasteiger partial charge is 0.349 e. The first-order valence-electron chi connectivity index (χ1n) is 10.6. The van der Waals surface area contributed by atoms with E-state index in [9.17, 15) is 9.90 Å². The van der Waals surface area contributed by atoms with Crippen molar-refractivity contribution >= 4 is 16.7 Å². The Morgan fingerprint density at radius 1 is 1.45 bits per heavy atom. The highest BCUT2D eigenvalue weighted by atomic mass is 16.7. The Kier molecular flexibility index (Phi) is 7.46. The first-order valence-corrected chi connectivity index (χ1v) is 10.6. The van der Waals surface area contributed by atoms with Gasteiger partial charge in [0, 0.05) is 19.1 Å². The first kappa shape index (κ1) is 24.4. The van der Waals surface area contributed by atoms with Gasteiger partial charge in [0.15, 0.2) is 6.61 Å². The molecule has 1 unspecified atom stereocenters. The molecule has 3 rings (SSSR count). The van der Waals surface area contributed by atoms with Crippen LogP contribution in [-0.4, -0.2) is 42.5 Å².